The molecule has 0 N–H and O–H groups in total. The number of rotatable bonds is 7. The highest BCUT2D eigenvalue weighted by atomic mass is 16.5. The van der Waals surface area contributed by atoms with Gasteiger partial charge in [0, 0.05) is 13.8 Å². The van der Waals surface area contributed by atoms with Crippen LogP contribution in [0, 0.1) is 0 Å². The van der Waals surface area contributed by atoms with E-state index in [2.05, 4.69) is 0 Å². The van der Waals surface area contributed by atoms with Gasteiger partial charge in [-0.3, -0.25) is 9.59 Å². The molecule has 2 aromatic rings. The van der Waals surface area contributed by atoms with Crippen molar-refractivity contribution in [3.05, 3.63) is 96.1 Å². The third-order valence-electron chi connectivity index (χ3n) is 3.52. The van der Waals surface area contributed by atoms with E-state index in [0.29, 0.717) is 0 Å². The molecule has 0 saturated heterocycles. The molecule has 0 spiro atoms. The number of carbonyl (C=O) groups is 2. The summed E-state index contributed by atoms with van der Waals surface area (Å²) in [5.41, 5.74) is 1.76. The van der Waals surface area contributed by atoms with Crippen molar-refractivity contribution in [1.29, 1.82) is 0 Å². The zero-order chi connectivity index (χ0) is 18.8. The molecule has 134 valence electrons. The summed E-state index contributed by atoms with van der Waals surface area (Å²) < 4.78 is 10.7. The third kappa shape index (κ3) is 6.40. The van der Waals surface area contributed by atoms with Crippen molar-refractivity contribution >= 4 is 11.9 Å². The molecular weight excluding hydrogens is 328 g/mol. The first-order valence-electron chi connectivity index (χ1n) is 8.35. The van der Waals surface area contributed by atoms with Gasteiger partial charge in [0.2, 0.25) is 0 Å². The summed E-state index contributed by atoms with van der Waals surface area (Å²) in [6.45, 7) is 2.76. The van der Waals surface area contributed by atoms with Gasteiger partial charge in [-0.05, 0) is 23.3 Å². The number of carbonyl (C=O) groups excluding carboxylic acids is 2. The number of ether oxygens (including phenoxy) is 2. The fraction of sp³-hybridized carbons (Fsp3) is 0.182. The lowest BCUT2D eigenvalue weighted by Crippen LogP contribution is -2.06. The Morgan fingerprint density at radius 1 is 0.692 bits per heavy atom. The Kier molecular flexibility index (Phi) is 7.37. The van der Waals surface area contributed by atoms with Crippen molar-refractivity contribution in [2.45, 2.75) is 26.1 Å². The van der Waals surface area contributed by atoms with E-state index < -0.39 is 12.2 Å². The average molecular weight is 350 g/mol. The lowest BCUT2D eigenvalue weighted by Gasteiger charge is -2.14. The maximum absolute atomic E-state index is 11.3. The molecule has 0 heterocycles. The molecular formula is C22H22O4. The van der Waals surface area contributed by atoms with E-state index in [-0.39, 0.29) is 11.9 Å². The smallest absolute Gasteiger partial charge is 0.303 e. The van der Waals surface area contributed by atoms with E-state index in [4.69, 9.17) is 9.47 Å². The molecule has 4 nitrogen and oxygen atoms in total. The van der Waals surface area contributed by atoms with Gasteiger partial charge in [-0.15, -0.1) is 0 Å². The predicted molar refractivity (Wildman–Crippen MR) is 100 cm³/mol. The molecule has 0 aliphatic carbocycles. The summed E-state index contributed by atoms with van der Waals surface area (Å²) in [7, 11) is 0. The molecule has 2 atom stereocenters. The third-order valence-corrected chi connectivity index (χ3v) is 3.52. The van der Waals surface area contributed by atoms with Gasteiger partial charge >= 0.3 is 11.9 Å². The monoisotopic (exact) mass is 350 g/mol. The molecule has 0 bridgehead atoms. The van der Waals surface area contributed by atoms with Crippen LogP contribution in [0.4, 0.5) is 0 Å². The van der Waals surface area contributed by atoms with Gasteiger partial charge in [0.25, 0.3) is 0 Å². The lowest BCUT2D eigenvalue weighted by molar-refractivity contribution is -0.145. The Balaban J connectivity index is 2.13. The average Bonchev–Trinajstić information content (AvgIpc) is 2.64. The van der Waals surface area contributed by atoms with Crippen LogP contribution < -0.4 is 0 Å². The zero-order valence-electron chi connectivity index (χ0n) is 14.9. The topological polar surface area (TPSA) is 52.6 Å². The fourth-order valence-electron chi connectivity index (χ4n) is 2.41. The minimum atomic E-state index is -0.470. The van der Waals surface area contributed by atoms with E-state index in [0.717, 1.165) is 11.1 Å². The molecule has 2 aromatic carbocycles. The van der Waals surface area contributed by atoms with Crippen LogP contribution in [0.5, 0.6) is 0 Å². The highest BCUT2D eigenvalue weighted by Crippen LogP contribution is 2.21. The Morgan fingerprint density at radius 2 is 1.04 bits per heavy atom. The predicted octanol–water partition coefficient (Wildman–Crippen LogP) is 4.71. The first kappa shape index (κ1) is 19.2. The van der Waals surface area contributed by atoms with E-state index in [1.165, 1.54) is 13.8 Å². The number of hydrogen-bond acceptors (Lipinski definition) is 4. The van der Waals surface area contributed by atoms with E-state index in [9.17, 15) is 9.59 Å². The maximum atomic E-state index is 11.3. The summed E-state index contributed by atoms with van der Waals surface area (Å²) in [5, 5.41) is 0. The van der Waals surface area contributed by atoms with E-state index in [1.54, 1.807) is 24.3 Å². The molecule has 0 amide bonds. The van der Waals surface area contributed by atoms with E-state index in [1.807, 2.05) is 60.7 Å². The maximum Gasteiger partial charge on any atom is 0.303 e. The summed E-state index contributed by atoms with van der Waals surface area (Å²) in [6, 6.07) is 19.0. The minimum Gasteiger partial charge on any atom is -0.453 e. The summed E-state index contributed by atoms with van der Waals surface area (Å²) in [5.74, 6) is -0.705. The van der Waals surface area contributed by atoms with Crippen LogP contribution >= 0.6 is 0 Å². The fourth-order valence-corrected chi connectivity index (χ4v) is 2.41. The van der Waals surface area contributed by atoms with Crippen LogP contribution in [0.1, 0.15) is 37.2 Å². The van der Waals surface area contributed by atoms with Crippen LogP contribution in [-0.4, -0.2) is 11.9 Å². The second kappa shape index (κ2) is 9.99. The van der Waals surface area contributed by atoms with Crippen molar-refractivity contribution in [3.8, 4) is 0 Å². The van der Waals surface area contributed by atoms with Gasteiger partial charge in [0.1, 0.15) is 12.2 Å². The Morgan fingerprint density at radius 3 is 1.35 bits per heavy atom. The SMILES string of the molecule is CC(=O)OC(/C=C/C=C/C(OC(C)=O)c1ccccc1)c1ccccc1. The van der Waals surface area contributed by atoms with Crippen molar-refractivity contribution < 1.29 is 19.1 Å². The molecule has 0 saturated carbocycles. The van der Waals surface area contributed by atoms with Gasteiger partial charge in [-0.25, -0.2) is 0 Å². The van der Waals surface area contributed by atoms with Gasteiger partial charge in [-0.2, -0.15) is 0 Å². The molecule has 26 heavy (non-hydrogen) atoms. The first-order chi connectivity index (χ1) is 12.6. The Bertz CT molecular complexity index is 696. The second-order valence-corrected chi connectivity index (χ2v) is 5.65. The number of benzene rings is 2. The number of allylic oxidation sites excluding steroid dienone is 2. The van der Waals surface area contributed by atoms with Crippen LogP contribution in [0.25, 0.3) is 0 Å². The largest absolute Gasteiger partial charge is 0.453 e. The van der Waals surface area contributed by atoms with Crippen molar-refractivity contribution in [2.24, 2.45) is 0 Å². The number of esters is 2. The summed E-state index contributed by atoms with van der Waals surface area (Å²) in [6.07, 6.45) is 6.18. The Labute approximate surface area is 153 Å². The van der Waals surface area contributed by atoms with Crippen LogP contribution in [0.3, 0.4) is 0 Å². The second-order valence-electron chi connectivity index (χ2n) is 5.65. The van der Waals surface area contributed by atoms with Gasteiger partial charge < -0.3 is 9.47 Å². The standard InChI is InChI=1S/C22H22O4/c1-17(23)25-21(19-11-5-3-6-12-19)15-9-10-16-22(26-18(2)24)20-13-7-4-8-14-20/h3-16,21-22H,1-2H3/b15-9+,16-10+. The van der Waals surface area contributed by atoms with Crippen molar-refractivity contribution in [3.63, 3.8) is 0 Å². The summed E-state index contributed by atoms with van der Waals surface area (Å²) >= 11 is 0. The van der Waals surface area contributed by atoms with Gasteiger partial charge in [-0.1, -0.05) is 72.8 Å². The normalized spacial score (nSPS) is 13.5. The molecule has 0 aliphatic heterocycles. The highest BCUT2D eigenvalue weighted by molar-refractivity contribution is 5.67. The lowest BCUT2D eigenvalue weighted by atomic mass is 10.1. The molecule has 0 radical (unpaired) electrons. The van der Waals surface area contributed by atoms with Crippen LogP contribution in [0.2, 0.25) is 0 Å². The molecule has 0 aliphatic rings. The minimum absolute atomic E-state index is 0.352. The zero-order valence-corrected chi connectivity index (χ0v) is 14.9. The molecule has 0 fully saturated rings. The Hall–Kier alpha value is -3.14. The van der Waals surface area contributed by atoms with Gasteiger partial charge in [0.05, 0.1) is 0 Å². The quantitative estimate of drug-likeness (QED) is 0.536. The molecule has 2 unspecified atom stereocenters. The highest BCUT2D eigenvalue weighted by Gasteiger charge is 2.11. The number of hydrogen-bond donors (Lipinski definition) is 0. The van der Waals surface area contributed by atoms with E-state index >= 15 is 0 Å². The van der Waals surface area contributed by atoms with Crippen molar-refractivity contribution in [1.82, 2.24) is 0 Å². The molecule has 4 heteroatoms. The summed E-state index contributed by atoms with van der Waals surface area (Å²) in [4.78, 5) is 22.7. The van der Waals surface area contributed by atoms with Crippen LogP contribution in [0.15, 0.2) is 85.0 Å². The van der Waals surface area contributed by atoms with Crippen LogP contribution in [-0.2, 0) is 19.1 Å². The van der Waals surface area contributed by atoms with Crippen molar-refractivity contribution in [2.75, 3.05) is 0 Å². The van der Waals surface area contributed by atoms with Gasteiger partial charge in [0.15, 0.2) is 0 Å². The molecule has 2 rings (SSSR count). The first-order valence-corrected chi connectivity index (χ1v) is 8.35. The molecule has 0 aromatic heterocycles.